The van der Waals surface area contributed by atoms with Crippen LogP contribution in [0.25, 0.3) is 0 Å². The molecule has 4 N–H and O–H groups in total. The Kier molecular flexibility index (Phi) is 22.3. The van der Waals surface area contributed by atoms with E-state index in [0.29, 0.717) is 25.8 Å². The third-order valence-corrected chi connectivity index (χ3v) is 4.00. The maximum atomic E-state index is 11.4. The van der Waals surface area contributed by atoms with Gasteiger partial charge in [0.15, 0.2) is 0 Å². The number of hydrogen-bond donors (Lipinski definition) is 3. The summed E-state index contributed by atoms with van der Waals surface area (Å²) >= 11 is 0. The van der Waals surface area contributed by atoms with E-state index in [9.17, 15) is 19.5 Å². The lowest BCUT2D eigenvalue weighted by Gasteiger charge is -2.23. The van der Waals surface area contributed by atoms with Gasteiger partial charge in [-0.1, -0.05) is 12.2 Å². The number of rotatable bonds is 11. The fourth-order valence-electron chi connectivity index (χ4n) is 2.24. The number of ether oxygens (including phenoxy) is 2. The molecule has 36 heavy (non-hydrogen) atoms. The summed E-state index contributed by atoms with van der Waals surface area (Å²) in [6.07, 6.45) is 5.44. The molecule has 0 bridgehead atoms. The van der Waals surface area contributed by atoms with Crippen LogP contribution >= 0.6 is 12.4 Å². The number of carbonyl (C=O) groups excluding carboxylic acids is 3. The molecule has 0 aromatic heterocycles. The monoisotopic (exact) mass is 537 g/mol. The molecule has 0 rings (SSSR count). The minimum absolute atomic E-state index is 0. The van der Waals surface area contributed by atoms with Crippen molar-refractivity contribution in [2.24, 2.45) is 5.73 Å². The minimum Gasteiger partial charge on any atom is -0.460 e. The highest BCUT2D eigenvalue weighted by molar-refractivity contribution is 5.85. The highest BCUT2D eigenvalue weighted by Gasteiger charge is 2.22. The average molecular weight is 538 g/mol. The van der Waals surface area contributed by atoms with Crippen molar-refractivity contribution in [3.05, 3.63) is 25.3 Å². The number of ketones is 1. The Labute approximate surface area is 225 Å². The summed E-state index contributed by atoms with van der Waals surface area (Å²) in [4.78, 5) is 32.8. The van der Waals surface area contributed by atoms with E-state index in [-0.39, 0.29) is 49.4 Å². The maximum absolute atomic E-state index is 11.4. The van der Waals surface area contributed by atoms with Gasteiger partial charge in [0.1, 0.15) is 17.0 Å². The van der Waals surface area contributed by atoms with Crippen LogP contribution in [0.15, 0.2) is 25.3 Å². The van der Waals surface area contributed by atoms with E-state index in [2.05, 4.69) is 13.2 Å². The van der Waals surface area contributed by atoms with Gasteiger partial charge in [-0.3, -0.25) is 9.59 Å². The molecular formula is C27H52ClNO7. The number of nitrogens with two attached hydrogens (primary N) is 1. The molecule has 214 valence electrons. The van der Waals surface area contributed by atoms with Gasteiger partial charge in [0.2, 0.25) is 0 Å². The van der Waals surface area contributed by atoms with Gasteiger partial charge in [-0.15, -0.1) is 25.6 Å². The topological polar surface area (TPSA) is 136 Å². The van der Waals surface area contributed by atoms with Crippen LogP contribution in [-0.2, 0) is 23.9 Å². The lowest BCUT2D eigenvalue weighted by molar-refractivity contribution is -0.156. The van der Waals surface area contributed by atoms with Crippen LogP contribution in [0.5, 0.6) is 0 Å². The third kappa shape index (κ3) is 34.4. The number of hydrogen-bond acceptors (Lipinski definition) is 8. The zero-order valence-corrected chi connectivity index (χ0v) is 24.8. The Bertz CT molecular complexity index is 660. The molecule has 0 fully saturated rings. The van der Waals surface area contributed by atoms with E-state index < -0.39 is 22.4 Å². The normalized spacial score (nSPS) is 14.0. The average Bonchev–Trinajstić information content (AvgIpc) is 2.63. The van der Waals surface area contributed by atoms with E-state index in [1.165, 1.54) is 6.92 Å². The molecule has 0 spiro atoms. The first-order chi connectivity index (χ1) is 15.6. The molecular weight excluding hydrogens is 486 g/mol. The molecule has 0 aliphatic carbocycles. The van der Waals surface area contributed by atoms with Crippen molar-refractivity contribution in [2.45, 2.75) is 123 Å². The maximum Gasteiger partial charge on any atom is 0.306 e. The lowest BCUT2D eigenvalue weighted by Crippen LogP contribution is -2.33. The van der Waals surface area contributed by atoms with Gasteiger partial charge in [0.25, 0.3) is 0 Å². The molecule has 0 heterocycles. The molecule has 0 saturated heterocycles. The van der Waals surface area contributed by atoms with Crippen molar-refractivity contribution in [2.75, 3.05) is 6.54 Å². The van der Waals surface area contributed by atoms with E-state index in [1.54, 1.807) is 46.8 Å². The summed E-state index contributed by atoms with van der Waals surface area (Å²) in [6.45, 7) is 23.1. The summed E-state index contributed by atoms with van der Waals surface area (Å²) in [5.74, 6) is -0.564. The Morgan fingerprint density at radius 2 is 1.11 bits per heavy atom. The van der Waals surface area contributed by atoms with Crippen molar-refractivity contribution < 1.29 is 34.1 Å². The number of Topliss-reactive ketones (excluding diaryl/α,β-unsaturated/α-hetero) is 1. The number of halogens is 1. The van der Waals surface area contributed by atoms with Gasteiger partial charge in [-0.25, -0.2) is 0 Å². The van der Waals surface area contributed by atoms with Crippen LogP contribution in [0.1, 0.15) is 101 Å². The first kappa shape index (κ1) is 41.4. The predicted molar refractivity (Wildman–Crippen MR) is 148 cm³/mol. The quantitative estimate of drug-likeness (QED) is 0.252. The zero-order chi connectivity index (χ0) is 28.5. The molecule has 0 aromatic carbocycles. The number of aliphatic hydroxyl groups is 2. The molecule has 0 aliphatic rings. The van der Waals surface area contributed by atoms with Crippen LogP contribution in [0.3, 0.4) is 0 Å². The summed E-state index contributed by atoms with van der Waals surface area (Å²) in [6, 6.07) is 0. The van der Waals surface area contributed by atoms with E-state index in [4.69, 9.17) is 20.3 Å². The Morgan fingerprint density at radius 1 is 0.750 bits per heavy atom. The molecule has 0 aliphatic heterocycles. The van der Waals surface area contributed by atoms with Gasteiger partial charge in [-0.05, 0) is 81.6 Å². The molecule has 0 aromatic rings. The fraction of sp³-hybridized carbons (Fsp3) is 0.741. The predicted octanol–water partition coefficient (Wildman–Crippen LogP) is 4.83. The van der Waals surface area contributed by atoms with Gasteiger partial charge in [0.05, 0.1) is 17.6 Å². The fourth-order valence-corrected chi connectivity index (χ4v) is 2.24. The summed E-state index contributed by atoms with van der Waals surface area (Å²) in [5.41, 5.74) is 2.68. The van der Waals surface area contributed by atoms with E-state index in [0.717, 1.165) is 0 Å². The van der Waals surface area contributed by atoms with Gasteiger partial charge in [0, 0.05) is 19.4 Å². The lowest BCUT2D eigenvalue weighted by atomic mass is 9.96. The summed E-state index contributed by atoms with van der Waals surface area (Å²) in [5, 5.41) is 18.9. The van der Waals surface area contributed by atoms with Crippen molar-refractivity contribution in [1.29, 1.82) is 0 Å². The second kappa shape index (κ2) is 19.4. The number of esters is 2. The van der Waals surface area contributed by atoms with E-state index >= 15 is 0 Å². The highest BCUT2D eigenvalue weighted by Crippen LogP contribution is 2.18. The zero-order valence-electron chi connectivity index (χ0n) is 23.9. The van der Waals surface area contributed by atoms with Crippen molar-refractivity contribution >= 4 is 30.1 Å². The van der Waals surface area contributed by atoms with Gasteiger partial charge < -0.3 is 30.2 Å². The van der Waals surface area contributed by atoms with Crippen molar-refractivity contribution in [1.82, 2.24) is 0 Å². The molecule has 2 unspecified atom stereocenters. The Balaban J connectivity index is -0.000000220. The third-order valence-electron chi connectivity index (χ3n) is 4.00. The van der Waals surface area contributed by atoms with E-state index in [1.807, 2.05) is 20.8 Å². The van der Waals surface area contributed by atoms with Crippen molar-refractivity contribution in [3.63, 3.8) is 0 Å². The highest BCUT2D eigenvalue weighted by atomic mass is 35.5. The van der Waals surface area contributed by atoms with Crippen LogP contribution in [0, 0.1) is 0 Å². The van der Waals surface area contributed by atoms with Crippen LogP contribution in [-0.4, -0.2) is 56.9 Å². The SMILES string of the molecule is C=CCC(C)(O)CCC(=O)OC(C)(C)C.C=CCC(C)(O)CN.CC(=O)CCC(=O)OC(C)(C)C.Cl. The standard InChI is InChI=1S/C12H22O3.C9H16O3.C6H13NO.ClH/c1-6-8-12(5,14)9-7-10(13)15-11(2,3)4;1-7(10)5-6-8(11)12-9(2,3)4;1-3-4-6(2,8)5-7;/h6,14H,1,7-9H2,2-5H3;5-6H2,1-4H3;3,8H,1,4-5,7H2,2H3;1H. The second-order valence-electron chi connectivity index (χ2n) is 11.1. The molecule has 0 radical (unpaired) electrons. The second-order valence-corrected chi connectivity index (χ2v) is 11.1. The summed E-state index contributed by atoms with van der Waals surface area (Å²) < 4.78 is 10.1. The Hall–Kier alpha value is -1.74. The molecule has 2 atom stereocenters. The molecule has 9 heteroatoms. The van der Waals surface area contributed by atoms with Gasteiger partial charge in [-0.2, -0.15) is 0 Å². The first-order valence-corrected chi connectivity index (χ1v) is 11.9. The Morgan fingerprint density at radius 3 is 1.39 bits per heavy atom. The van der Waals surface area contributed by atoms with Crippen LogP contribution in [0.4, 0.5) is 0 Å². The smallest absolute Gasteiger partial charge is 0.306 e. The molecule has 8 nitrogen and oxygen atoms in total. The molecule has 0 saturated carbocycles. The summed E-state index contributed by atoms with van der Waals surface area (Å²) in [7, 11) is 0. The van der Waals surface area contributed by atoms with Crippen molar-refractivity contribution in [3.8, 4) is 0 Å². The van der Waals surface area contributed by atoms with Crippen LogP contribution in [0.2, 0.25) is 0 Å². The van der Waals surface area contributed by atoms with Crippen LogP contribution < -0.4 is 5.73 Å². The molecule has 0 amide bonds. The number of carbonyl (C=O) groups is 3. The largest absolute Gasteiger partial charge is 0.460 e. The minimum atomic E-state index is -0.862. The van der Waals surface area contributed by atoms with Gasteiger partial charge >= 0.3 is 11.9 Å². The first-order valence-electron chi connectivity index (χ1n) is 11.9.